The Labute approximate surface area is 146 Å². The van der Waals surface area contributed by atoms with Gasteiger partial charge in [0, 0.05) is 30.3 Å². The van der Waals surface area contributed by atoms with Gasteiger partial charge in [0.2, 0.25) is 11.8 Å². The summed E-state index contributed by atoms with van der Waals surface area (Å²) in [4.78, 5) is 23.1. The van der Waals surface area contributed by atoms with Crippen LogP contribution in [-0.2, 0) is 16.0 Å². The lowest BCUT2D eigenvalue weighted by atomic mass is 10.1. The number of hydrogen-bond donors (Lipinski definition) is 2. The average Bonchev–Trinajstić information content (AvgIpc) is 2.60. The molecule has 0 aliphatic carbocycles. The number of anilines is 1. The molecule has 0 fully saturated rings. The van der Waals surface area contributed by atoms with E-state index < -0.39 is 0 Å². The molecule has 0 radical (unpaired) electrons. The Morgan fingerprint density at radius 1 is 1.04 bits per heavy atom. The minimum atomic E-state index is -0.205. The number of carbonyl (C=O) groups is 2. The molecule has 0 heterocycles. The number of rotatable bonds is 6. The van der Waals surface area contributed by atoms with Crippen molar-refractivity contribution < 1.29 is 9.59 Å². The van der Waals surface area contributed by atoms with Crippen LogP contribution in [0.25, 0.3) is 6.08 Å². The van der Waals surface area contributed by atoms with Crippen LogP contribution >= 0.6 is 11.6 Å². The third kappa shape index (κ3) is 5.89. The molecule has 5 heteroatoms. The maximum absolute atomic E-state index is 11.9. The minimum absolute atomic E-state index is 0.0136. The first kappa shape index (κ1) is 17.8. The van der Waals surface area contributed by atoms with Crippen LogP contribution in [0.2, 0.25) is 5.02 Å². The van der Waals surface area contributed by atoms with Gasteiger partial charge in [-0.1, -0.05) is 35.9 Å². The molecular weight excluding hydrogens is 324 g/mol. The van der Waals surface area contributed by atoms with Gasteiger partial charge >= 0.3 is 0 Å². The Morgan fingerprint density at radius 3 is 2.33 bits per heavy atom. The number of benzene rings is 2. The van der Waals surface area contributed by atoms with Gasteiger partial charge in [-0.2, -0.15) is 0 Å². The molecule has 0 aliphatic rings. The van der Waals surface area contributed by atoms with Gasteiger partial charge in [-0.05, 0) is 47.9 Å². The van der Waals surface area contributed by atoms with E-state index in [0.29, 0.717) is 23.6 Å². The van der Waals surface area contributed by atoms with Crippen LogP contribution in [0.4, 0.5) is 5.69 Å². The van der Waals surface area contributed by atoms with E-state index in [2.05, 4.69) is 10.6 Å². The molecule has 24 heavy (non-hydrogen) atoms. The summed E-state index contributed by atoms with van der Waals surface area (Å²) in [7, 11) is 1.62. The van der Waals surface area contributed by atoms with Gasteiger partial charge in [-0.25, -0.2) is 0 Å². The summed E-state index contributed by atoms with van der Waals surface area (Å²) < 4.78 is 0. The largest absolute Gasteiger partial charge is 0.359 e. The number of halogens is 1. The summed E-state index contributed by atoms with van der Waals surface area (Å²) in [5, 5.41) is 6.05. The molecule has 2 aromatic carbocycles. The molecule has 0 saturated carbocycles. The number of carbonyl (C=O) groups excluding carboxylic acids is 2. The summed E-state index contributed by atoms with van der Waals surface area (Å²) in [6.07, 6.45) is 4.32. The molecule has 0 aromatic heterocycles. The van der Waals surface area contributed by atoms with E-state index in [4.69, 9.17) is 11.6 Å². The second kappa shape index (κ2) is 8.89. The van der Waals surface area contributed by atoms with Gasteiger partial charge in [0.1, 0.15) is 0 Å². The molecule has 2 rings (SSSR count). The van der Waals surface area contributed by atoms with Crippen molar-refractivity contribution in [2.75, 3.05) is 12.4 Å². The number of nitrogens with one attached hydrogen (secondary N) is 2. The predicted molar refractivity (Wildman–Crippen MR) is 97.9 cm³/mol. The highest BCUT2D eigenvalue weighted by Crippen LogP contribution is 2.13. The quantitative estimate of drug-likeness (QED) is 0.787. The molecule has 0 unspecified atom stereocenters. The van der Waals surface area contributed by atoms with Gasteiger partial charge in [-0.15, -0.1) is 0 Å². The minimum Gasteiger partial charge on any atom is -0.359 e. The molecular formula is C19H19ClN2O2. The zero-order valence-corrected chi connectivity index (χ0v) is 14.1. The third-order valence-corrected chi connectivity index (χ3v) is 3.69. The Morgan fingerprint density at radius 2 is 1.71 bits per heavy atom. The molecule has 2 aromatic rings. The van der Waals surface area contributed by atoms with E-state index in [1.165, 1.54) is 6.08 Å². The standard InChI is InChI=1S/C19H19ClN2O2/c1-21-18(23)12-6-15-4-10-17(11-5-15)22-19(24)13-7-14-2-8-16(20)9-3-14/h2-5,7-11,13H,6,12H2,1H3,(H,21,23)(H,22,24)/b13-7+. The van der Waals surface area contributed by atoms with Gasteiger partial charge in [0.15, 0.2) is 0 Å². The monoisotopic (exact) mass is 342 g/mol. The molecule has 0 atom stereocenters. The van der Waals surface area contributed by atoms with Crippen LogP contribution in [0.15, 0.2) is 54.6 Å². The van der Waals surface area contributed by atoms with Crippen molar-refractivity contribution in [3.05, 3.63) is 70.8 Å². The molecule has 0 saturated heterocycles. The van der Waals surface area contributed by atoms with E-state index in [9.17, 15) is 9.59 Å². The third-order valence-electron chi connectivity index (χ3n) is 3.44. The van der Waals surface area contributed by atoms with E-state index >= 15 is 0 Å². The van der Waals surface area contributed by atoms with Gasteiger partial charge in [-0.3, -0.25) is 9.59 Å². The van der Waals surface area contributed by atoms with Crippen LogP contribution in [0.1, 0.15) is 17.5 Å². The van der Waals surface area contributed by atoms with Crippen molar-refractivity contribution >= 4 is 35.2 Å². The fraction of sp³-hybridized carbons (Fsp3) is 0.158. The van der Waals surface area contributed by atoms with Crippen LogP contribution in [0.5, 0.6) is 0 Å². The fourth-order valence-electron chi connectivity index (χ4n) is 2.07. The normalized spacial score (nSPS) is 10.6. The first-order chi connectivity index (χ1) is 11.6. The highest BCUT2D eigenvalue weighted by Gasteiger charge is 2.01. The van der Waals surface area contributed by atoms with Crippen molar-refractivity contribution in [3.63, 3.8) is 0 Å². The van der Waals surface area contributed by atoms with Crippen LogP contribution in [-0.4, -0.2) is 18.9 Å². The lowest BCUT2D eigenvalue weighted by Crippen LogP contribution is -2.17. The van der Waals surface area contributed by atoms with Crippen molar-refractivity contribution in [1.82, 2.24) is 5.32 Å². The second-order valence-corrected chi connectivity index (χ2v) is 5.68. The van der Waals surface area contributed by atoms with E-state index in [1.807, 2.05) is 36.4 Å². The number of amides is 2. The Kier molecular flexibility index (Phi) is 6.58. The first-order valence-corrected chi connectivity index (χ1v) is 7.99. The lowest BCUT2D eigenvalue weighted by Gasteiger charge is -2.05. The Hall–Kier alpha value is -2.59. The topological polar surface area (TPSA) is 58.2 Å². The van der Waals surface area contributed by atoms with Crippen LogP contribution in [0.3, 0.4) is 0 Å². The van der Waals surface area contributed by atoms with Gasteiger partial charge in [0.25, 0.3) is 0 Å². The van der Waals surface area contributed by atoms with E-state index in [1.54, 1.807) is 25.3 Å². The predicted octanol–water partition coefficient (Wildman–Crippen LogP) is 3.67. The SMILES string of the molecule is CNC(=O)CCc1ccc(NC(=O)/C=C/c2ccc(Cl)cc2)cc1. The second-order valence-electron chi connectivity index (χ2n) is 5.24. The van der Waals surface area contributed by atoms with Crippen molar-refractivity contribution in [3.8, 4) is 0 Å². The van der Waals surface area contributed by atoms with Crippen LogP contribution in [0, 0.1) is 0 Å². The van der Waals surface area contributed by atoms with Crippen molar-refractivity contribution in [2.45, 2.75) is 12.8 Å². The fourth-order valence-corrected chi connectivity index (χ4v) is 2.19. The zero-order valence-electron chi connectivity index (χ0n) is 13.4. The Bertz CT molecular complexity index is 722. The molecule has 0 bridgehead atoms. The summed E-state index contributed by atoms with van der Waals surface area (Å²) in [5.74, 6) is -0.192. The first-order valence-electron chi connectivity index (χ1n) is 7.61. The summed E-state index contributed by atoms with van der Waals surface area (Å²) in [5.41, 5.74) is 2.66. The summed E-state index contributed by atoms with van der Waals surface area (Å²) >= 11 is 5.82. The highest BCUT2D eigenvalue weighted by atomic mass is 35.5. The van der Waals surface area contributed by atoms with E-state index in [0.717, 1.165) is 11.1 Å². The zero-order chi connectivity index (χ0) is 17.4. The maximum atomic E-state index is 11.9. The molecule has 0 aliphatic heterocycles. The lowest BCUT2D eigenvalue weighted by molar-refractivity contribution is -0.120. The molecule has 2 N–H and O–H groups in total. The van der Waals surface area contributed by atoms with Crippen LogP contribution < -0.4 is 10.6 Å². The smallest absolute Gasteiger partial charge is 0.248 e. The van der Waals surface area contributed by atoms with Crippen molar-refractivity contribution in [2.24, 2.45) is 0 Å². The number of hydrogen-bond acceptors (Lipinski definition) is 2. The Balaban J connectivity index is 1.87. The maximum Gasteiger partial charge on any atom is 0.248 e. The molecule has 4 nitrogen and oxygen atoms in total. The summed E-state index contributed by atoms with van der Waals surface area (Å²) in [6.45, 7) is 0. The molecule has 0 spiro atoms. The van der Waals surface area contributed by atoms with Gasteiger partial charge < -0.3 is 10.6 Å². The van der Waals surface area contributed by atoms with E-state index in [-0.39, 0.29) is 11.8 Å². The average molecular weight is 343 g/mol. The van der Waals surface area contributed by atoms with Crippen molar-refractivity contribution in [1.29, 1.82) is 0 Å². The molecule has 124 valence electrons. The number of aryl methyl sites for hydroxylation is 1. The van der Waals surface area contributed by atoms with Gasteiger partial charge in [0.05, 0.1) is 0 Å². The summed E-state index contributed by atoms with van der Waals surface area (Å²) in [6, 6.07) is 14.7. The highest BCUT2D eigenvalue weighted by molar-refractivity contribution is 6.30. The molecule has 2 amide bonds.